The van der Waals surface area contributed by atoms with E-state index < -0.39 is 0 Å². The number of aliphatic imine (C=N–C) groups is 1. The van der Waals surface area contributed by atoms with E-state index in [2.05, 4.69) is 15.2 Å². The highest BCUT2D eigenvalue weighted by Crippen LogP contribution is 1.96. The Morgan fingerprint density at radius 3 is 3.00 bits per heavy atom. The van der Waals surface area contributed by atoms with E-state index >= 15 is 0 Å². The maximum absolute atomic E-state index is 4.08. The van der Waals surface area contributed by atoms with Crippen LogP contribution >= 0.6 is 0 Å². The van der Waals surface area contributed by atoms with Crippen LogP contribution in [0.15, 0.2) is 17.0 Å². The Morgan fingerprint density at radius 1 is 1.78 bits per heavy atom. The molecule has 3 nitrogen and oxygen atoms in total. The predicted octanol–water partition coefficient (Wildman–Crippen LogP) is 0.0209. The second-order valence-corrected chi connectivity index (χ2v) is 2.02. The van der Waals surface area contributed by atoms with Gasteiger partial charge in [0.2, 0.25) is 0 Å². The Hall–Kier alpha value is -0.990. The quantitative estimate of drug-likeness (QED) is 0.535. The molecule has 1 rings (SSSR count). The lowest BCUT2D eigenvalue weighted by atomic mass is 10.5. The molecule has 0 spiro atoms. The molecular formula is C6H11N3. The van der Waals surface area contributed by atoms with Crippen molar-refractivity contribution in [2.24, 2.45) is 4.99 Å². The minimum atomic E-state index is 0.908. The fraction of sp³-hybridized carbons (Fsp3) is 0.500. The molecule has 0 unspecified atom stereocenters. The first-order valence-electron chi connectivity index (χ1n) is 2.95. The smallest absolute Gasteiger partial charge is 0.141 e. The van der Waals surface area contributed by atoms with Gasteiger partial charge in [-0.15, -0.1) is 0 Å². The van der Waals surface area contributed by atoms with Crippen LogP contribution in [0.25, 0.3) is 0 Å². The maximum Gasteiger partial charge on any atom is 0.141 e. The molecule has 1 heterocycles. The summed E-state index contributed by atoms with van der Waals surface area (Å²) < 4.78 is 0. The fourth-order valence-electron chi connectivity index (χ4n) is 0.692. The molecule has 0 bridgehead atoms. The summed E-state index contributed by atoms with van der Waals surface area (Å²) >= 11 is 0. The maximum atomic E-state index is 4.08. The van der Waals surface area contributed by atoms with E-state index in [0.717, 1.165) is 12.4 Å². The summed E-state index contributed by atoms with van der Waals surface area (Å²) in [6.45, 7) is 0.908. The summed E-state index contributed by atoms with van der Waals surface area (Å²) in [5.74, 6) is 0.920. The van der Waals surface area contributed by atoms with Crippen LogP contribution in [0.2, 0.25) is 0 Å². The van der Waals surface area contributed by atoms with Crippen LogP contribution in [0.4, 0.5) is 0 Å². The van der Waals surface area contributed by atoms with Crippen molar-refractivity contribution in [3.05, 3.63) is 12.0 Å². The van der Waals surface area contributed by atoms with Gasteiger partial charge in [0.25, 0.3) is 0 Å². The zero-order valence-corrected chi connectivity index (χ0v) is 5.76. The molecule has 0 amide bonds. The second-order valence-electron chi connectivity index (χ2n) is 2.02. The standard InChI is InChI=1S/C6H11N3/c1-7-6-5-9(2)4-3-8-6/h3,5,7H,4H2,1-2H3. The van der Waals surface area contributed by atoms with Crippen molar-refractivity contribution < 1.29 is 0 Å². The minimum absolute atomic E-state index is 0.908. The Bertz CT molecular complexity index is 148. The van der Waals surface area contributed by atoms with Gasteiger partial charge in [0, 0.05) is 26.5 Å². The summed E-state index contributed by atoms with van der Waals surface area (Å²) in [5.41, 5.74) is 0. The zero-order chi connectivity index (χ0) is 6.69. The van der Waals surface area contributed by atoms with Gasteiger partial charge in [-0.25, -0.2) is 4.99 Å². The predicted molar refractivity (Wildman–Crippen MR) is 38.3 cm³/mol. The van der Waals surface area contributed by atoms with Crippen LogP contribution < -0.4 is 5.32 Å². The molecule has 1 aliphatic rings. The van der Waals surface area contributed by atoms with Crippen molar-refractivity contribution in [1.29, 1.82) is 0 Å². The van der Waals surface area contributed by atoms with Gasteiger partial charge in [-0.2, -0.15) is 0 Å². The molecule has 0 aliphatic carbocycles. The average Bonchev–Trinajstić information content (AvgIpc) is 1.88. The van der Waals surface area contributed by atoms with Gasteiger partial charge in [0.15, 0.2) is 0 Å². The van der Waals surface area contributed by atoms with E-state index in [1.807, 2.05) is 26.5 Å². The molecule has 3 heteroatoms. The minimum Gasteiger partial charge on any atom is -0.372 e. The second kappa shape index (κ2) is 2.53. The van der Waals surface area contributed by atoms with Crippen molar-refractivity contribution in [3.8, 4) is 0 Å². The molecule has 1 aliphatic heterocycles. The SMILES string of the molecule is CNC1=CN(C)CC=N1. The highest BCUT2D eigenvalue weighted by molar-refractivity contribution is 5.62. The molecule has 0 fully saturated rings. The van der Waals surface area contributed by atoms with Crippen LogP contribution in [0.1, 0.15) is 0 Å². The van der Waals surface area contributed by atoms with Gasteiger partial charge in [-0.05, 0) is 0 Å². The first kappa shape index (κ1) is 6.13. The van der Waals surface area contributed by atoms with Crippen LogP contribution in [0.3, 0.4) is 0 Å². The summed E-state index contributed by atoms with van der Waals surface area (Å²) in [5, 5.41) is 2.96. The molecule has 0 radical (unpaired) electrons. The highest BCUT2D eigenvalue weighted by Gasteiger charge is 1.97. The Morgan fingerprint density at radius 2 is 2.56 bits per heavy atom. The lowest BCUT2D eigenvalue weighted by Gasteiger charge is -2.15. The Kier molecular flexibility index (Phi) is 1.72. The van der Waals surface area contributed by atoms with E-state index in [1.165, 1.54) is 0 Å². The Labute approximate surface area is 55.1 Å². The summed E-state index contributed by atoms with van der Waals surface area (Å²) in [6.07, 6.45) is 3.85. The number of rotatable bonds is 1. The Balaban J connectivity index is 2.59. The molecule has 0 aromatic carbocycles. The summed E-state index contributed by atoms with van der Waals surface area (Å²) in [4.78, 5) is 6.15. The van der Waals surface area contributed by atoms with E-state index in [0.29, 0.717) is 0 Å². The molecule has 9 heavy (non-hydrogen) atoms. The third-order valence-corrected chi connectivity index (χ3v) is 1.20. The molecule has 0 saturated heterocycles. The molecule has 50 valence electrons. The van der Waals surface area contributed by atoms with Crippen LogP contribution in [-0.4, -0.2) is 31.8 Å². The van der Waals surface area contributed by atoms with Gasteiger partial charge in [0.05, 0.1) is 6.54 Å². The molecule has 0 saturated carbocycles. The average molecular weight is 125 g/mol. The van der Waals surface area contributed by atoms with Crippen molar-refractivity contribution in [2.45, 2.75) is 0 Å². The number of nitrogens with zero attached hydrogens (tertiary/aromatic N) is 2. The van der Waals surface area contributed by atoms with Gasteiger partial charge in [0.1, 0.15) is 5.82 Å². The zero-order valence-electron chi connectivity index (χ0n) is 5.76. The monoisotopic (exact) mass is 125 g/mol. The molecule has 0 atom stereocenters. The van der Waals surface area contributed by atoms with Crippen molar-refractivity contribution >= 4 is 6.21 Å². The lowest BCUT2D eigenvalue weighted by molar-refractivity contribution is 0.510. The summed E-state index contributed by atoms with van der Waals surface area (Å²) in [7, 11) is 3.88. The van der Waals surface area contributed by atoms with Crippen LogP contribution in [-0.2, 0) is 0 Å². The van der Waals surface area contributed by atoms with Gasteiger partial charge in [-0.3, -0.25) is 0 Å². The molecule has 0 aromatic heterocycles. The number of hydrogen-bond donors (Lipinski definition) is 1. The topological polar surface area (TPSA) is 27.6 Å². The van der Waals surface area contributed by atoms with Gasteiger partial charge in [-0.1, -0.05) is 0 Å². The van der Waals surface area contributed by atoms with E-state index in [-0.39, 0.29) is 0 Å². The van der Waals surface area contributed by atoms with Crippen LogP contribution in [0, 0.1) is 0 Å². The van der Waals surface area contributed by atoms with Crippen molar-refractivity contribution in [1.82, 2.24) is 10.2 Å². The third kappa shape index (κ3) is 1.45. The van der Waals surface area contributed by atoms with E-state index in [1.54, 1.807) is 0 Å². The first-order valence-corrected chi connectivity index (χ1v) is 2.95. The van der Waals surface area contributed by atoms with E-state index in [4.69, 9.17) is 0 Å². The van der Waals surface area contributed by atoms with Gasteiger partial charge < -0.3 is 10.2 Å². The first-order chi connectivity index (χ1) is 4.33. The number of hydrogen-bond acceptors (Lipinski definition) is 3. The largest absolute Gasteiger partial charge is 0.372 e. The van der Waals surface area contributed by atoms with Crippen molar-refractivity contribution in [3.63, 3.8) is 0 Å². The lowest BCUT2D eigenvalue weighted by Crippen LogP contribution is -2.21. The van der Waals surface area contributed by atoms with Crippen molar-refractivity contribution in [2.75, 3.05) is 20.6 Å². The number of nitrogens with one attached hydrogen (secondary N) is 1. The third-order valence-electron chi connectivity index (χ3n) is 1.20. The molecule has 0 aromatic rings. The highest BCUT2D eigenvalue weighted by atomic mass is 15.1. The van der Waals surface area contributed by atoms with Gasteiger partial charge >= 0.3 is 0 Å². The van der Waals surface area contributed by atoms with Crippen LogP contribution in [0.5, 0.6) is 0 Å². The molecular weight excluding hydrogens is 114 g/mol. The summed E-state index contributed by atoms with van der Waals surface area (Å²) in [6, 6.07) is 0. The molecule has 1 N–H and O–H groups in total. The normalized spacial score (nSPS) is 17.6. The fourth-order valence-corrected chi connectivity index (χ4v) is 0.692. The van der Waals surface area contributed by atoms with E-state index in [9.17, 15) is 0 Å².